The molecule has 0 aromatic heterocycles. The number of thioether (sulfide) groups is 1. The predicted octanol–water partition coefficient (Wildman–Crippen LogP) is 3.20. The number of rotatable bonds is 3. The molecule has 0 spiro atoms. The van der Waals surface area contributed by atoms with Crippen LogP contribution in [0.1, 0.15) is 13.8 Å². The molecular weight excluding hydrogens is 248 g/mol. The van der Waals surface area contributed by atoms with Gasteiger partial charge in [-0.2, -0.15) is 0 Å². The van der Waals surface area contributed by atoms with Crippen molar-refractivity contribution in [3.05, 3.63) is 36.4 Å². The Labute approximate surface area is 110 Å². The lowest BCUT2D eigenvalue weighted by molar-refractivity contribution is -0.131. The standard InChI is InChI=1S/C14H14O3S/c1-9(15)17-14-8-12(18-10(2)16)7-11-5-3-4-6-13(11)14/h3-8,10,16H,1-2H3. The monoisotopic (exact) mass is 262 g/mol. The van der Waals surface area contributed by atoms with E-state index in [1.165, 1.54) is 18.7 Å². The Balaban J connectivity index is 2.53. The maximum absolute atomic E-state index is 11.1. The lowest BCUT2D eigenvalue weighted by atomic mass is 10.1. The summed E-state index contributed by atoms with van der Waals surface area (Å²) in [5.41, 5.74) is -0.503. The molecule has 3 nitrogen and oxygen atoms in total. The van der Waals surface area contributed by atoms with Gasteiger partial charge in [0.25, 0.3) is 0 Å². The van der Waals surface area contributed by atoms with Gasteiger partial charge in [-0.3, -0.25) is 4.79 Å². The maximum atomic E-state index is 11.1. The van der Waals surface area contributed by atoms with Gasteiger partial charge in [0.05, 0.1) is 0 Å². The van der Waals surface area contributed by atoms with Crippen LogP contribution in [-0.2, 0) is 4.79 Å². The first-order valence-electron chi connectivity index (χ1n) is 5.62. The van der Waals surface area contributed by atoms with Crippen LogP contribution >= 0.6 is 11.8 Å². The number of carbonyl (C=O) groups is 1. The summed E-state index contributed by atoms with van der Waals surface area (Å²) in [6.07, 6.45) is 0. The van der Waals surface area contributed by atoms with Crippen LogP contribution in [0.4, 0.5) is 0 Å². The van der Waals surface area contributed by atoms with E-state index in [0.717, 1.165) is 15.7 Å². The molecule has 94 valence electrons. The van der Waals surface area contributed by atoms with Gasteiger partial charge in [0.15, 0.2) is 0 Å². The van der Waals surface area contributed by atoms with E-state index in [-0.39, 0.29) is 5.97 Å². The summed E-state index contributed by atoms with van der Waals surface area (Å²) >= 11 is 1.32. The van der Waals surface area contributed by atoms with E-state index >= 15 is 0 Å². The van der Waals surface area contributed by atoms with Gasteiger partial charge in [0.2, 0.25) is 0 Å². The molecule has 0 saturated heterocycles. The van der Waals surface area contributed by atoms with Crippen molar-refractivity contribution in [3.8, 4) is 5.75 Å². The lowest BCUT2D eigenvalue weighted by Gasteiger charge is -2.10. The zero-order chi connectivity index (χ0) is 13.1. The molecule has 2 aromatic carbocycles. The minimum atomic E-state index is -0.503. The van der Waals surface area contributed by atoms with E-state index < -0.39 is 5.44 Å². The molecule has 2 rings (SSSR count). The summed E-state index contributed by atoms with van der Waals surface area (Å²) in [4.78, 5) is 12.0. The number of esters is 1. The van der Waals surface area contributed by atoms with Crippen molar-refractivity contribution in [1.82, 2.24) is 0 Å². The molecule has 4 heteroatoms. The van der Waals surface area contributed by atoms with Crippen molar-refractivity contribution in [3.63, 3.8) is 0 Å². The number of ether oxygens (including phenoxy) is 1. The van der Waals surface area contributed by atoms with E-state index in [1.807, 2.05) is 30.3 Å². The Morgan fingerprint density at radius 1 is 1.33 bits per heavy atom. The summed E-state index contributed by atoms with van der Waals surface area (Å²) in [5.74, 6) is 0.183. The summed E-state index contributed by atoms with van der Waals surface area (Å²) in [7, 11) is 0. The second kappa shape index (κ2) is 5.42. The van der Waals surface area contributed by atoms with E-state index in [0.29, 0.717) is 5.75 Å². The number of benzene rings is 2. The summed E-state index contributed by atoms with van der Waals surface area (Å²) < 4.78 is 5.22. The number of hydrogen-bond donors (Lipinski definition) is 1. The Hall–Kier alpha value is -1.52. The topological polar surface area (TPSA) is 46.5 Å². The van der Waals surface area contributed by atoms with Crippen LogP contribution in [0.2, 0.25) is 0 Å². The van der Waals surface area contributed by atoms with Crippen molar-refractivity contribution < 1.29 is 14.6 Å². The SMILES string of the molecule is CC(=O)Oc1cc(SC(C)O)cc2ccccc12. The number of hydrogen-bond acceptors (Lipinski definition) is 4. The fourth-order valence-corrected chi connectivity index (χ4v) is 2.52. The van der Waals surface area contributed by atoms with E-state index in [2.05, 4.69) is 0 Å². The molecule has 0 radical (unpaired) electrons. The van der Waals surface area contributed by atoms with Gasteiger partial charge in [-0.15, -0.1) is 0 Å². The van der Waals surface area contributed by atoms with E-state index in [4.69, 9.17) is 4.74 Å². The highest BCUT2D eigenvalue weighted by Gasteiger charge is 2.09. The molecule has 0 fully saturated rings. The summed E-state index contributed by atoms with van der Waals surface area (Å²) in [6, 6.07) is 11.4. The molecule has 0 bridgehead atoms. The molecular formula is C14H14O3S. The molecule has 1 unspecified atom stereocenters. The van der Waals surface area contributed by atoms with Crippen LogP contribution in [-0.4, -0.2) is 16.5 Å². The highest BCUT2D eigenvalue weighted by Crippen LogP contribution is 2.33. The number of carbonyl (C=O) groups excluding carboxylic acids is 1. The third-order valence-corrected chi connectivity index (χ3v) is 3.21. The second-order valence-corrected chi connectivity index (χ2v) is 5.34. The molecule has 0 aliphatic heterocycles. The Morgan fingerprint density at radius 3 is 2.72 bits per heavy atom. The minimum absolute atomic E-state index is 0.348. The molecule has 2 aromatic rings. The van der Waals surface area contributed by atoms with Crippen LogP contribution in [0.5, 0.6) is 5.75 Å². The normalized spacial score (nSPS) is 12.4. The zero-order valence-corrected chi connectivity index (χ0v) is 11.0. The highest BCUT2D eigenvalue weighted by atomic mass is 32.2. The quantitative estimate of drug-likeness (QED) is 0.399. The van der Waals surface area contributed by atoms with E-state index in [9.17, 15) is 9.90 Å². The van der Waals surface area contributed by atoms with Gasteiger partial charge >= 0.3 is 5.97 Å². The van der Waals surface area contributed by atoms with Gasteiger partial charge in [0.1, 0.15) is 11.2 Å². The molecule has 0 aliphatic rings. The Kier molecular flexibility index (Phi) is 3.89. The van der Waals surface area contributed by atoms with Crippen molar-refractivity contribution >= 4 is 28.5 Å². The molecule has 0 saturated carbocycles. The number of aliphatic hydroxyl groups is 1. The van der Waals surface area contributed by atoms with Gasteiger partial charge in [0, 0.05) is 17.2 Å². The van der Waals surface area contributed by atoms with Crippen LogP contribution in [0.25, 0.3) is 10.8 Å². The fraction of sp³-hybridized carbons (Fsp3) is 0.214. The third-order valence-electron chi connectivity index (χ3n) is 2.36. The number of aliphatic hydroxyl groups excluding tert-OH is 1. The van der Waals surface area contributed by atoms with Crippen molar-refractivity contribution in [2.75, 3.05) is 0 Å². The van der Waals surface area contributed by atoms with Crippen LogP contribution in [0.3, 0.4) is 0 Å². The minimum Gasteiger partial charge on any atom is -0.426 e. The Bertz CT molecular complexity index is 578. The Morgan fingerprint density at radius 2 is 2.06 bits per heavy atom. The largest absolute Gasteiger partial charge is 0.426 e. The van der Waals surface area contributed by atoms with Crippen molar-refractivity contribution in [2.45, 2.75) is 24.2 Å². The molecule has 18 heavy (non-hydrogen) atoms. The van der Waals surface area contributed by atoms with Crippen LogP contribution in [0, 0.1) is 0 Å². The lowest BCUT2D eigenvalue weighted by Crippen LogP contribution is -2.02. The fourth-order valence-electron chi connectivity index (χ4n) is 1.75. The summed E-state index contributed by atoms with van der Waals surface area (Å²) in [6.45, 7) is 3.08. The predicted molar refractivity (Wildman–Crippen MR) is 72.8 cm³/mol. The highest BCUT2D eigenvalue weighted by molar-refractivity contribution is 7.99. The van der Waals surface area contributed by atoms with Crippen LogP contribution in [0.15, 0.2) is 41.3 Å². The maximum Gasteiger partial charge on any atom is 0.308 e. The number of fused-ring (bicyclic) bond motifs is 1. The summed E-state index contributed by atoms with van der Waals surface area (Å²) in [5, 5.41) is 11.3. The van der Waals surface area contributed by atoms with Gasteiger partial charge < -0.3 is 9.84 Å². The zero-order valence-electron chi connectivity index (χ0n) is 10.2. The van der Waals surface area contributed by atoms with E-state index in [1.54, 1.807) is 13.0 Å². The van der Waals surface area contributed by atoms with Gasteiger partial charge in [-0.1, -0.05) is 36.0 Å². The average Bonchev–Trinajstić information content (AvgIpc) is 2.27. The first-order chi connectivity index (χ1) is 8.56. The van der Waals surface area contributed by atoms with Crippen LogP contribution < -0.4 is 4.74 Å². The van der Waals surface area contributed by atoms with Crippen molar-refractivity contribution in [2.24, 2.45) is 0 Å². The van der Waals surface area contributed by atoms with Gasteiger partial charge in [-0.25, -0.2) is 0 Å². The molecule has 1 N–H and O–H groups in total. The third kappa shape index (κ3) is 3.03. The smallest absolute Gasteiger partial charge is 0.308 e. The first-order valence-corrected chi connectivity index (χ1v) is 6.50. The second-order valence-electron chi connectivity index (χ2n) is 3.95. The van der Waals surface area contributed by atoms with Crippen molar-refractivity contribution in [1.29, 1.82) is 0 Å². The molecule has 0 aliphatic carbocycles. The molecule has 0 heterocycles. The molecule has 1 atom stereocenters. The first kappa shape index (κ1) is 12.9. The average molecular weight is 262 g/mol. The van der Waals surface area contributed by atoms with Gasteiger partial charge in [-0.05, 0) is 24.4 Å². The molecule has 0 amide bonds.